The Morgan fingerprint density at radius 3 is 2.43 bits per heavy atom. The van der Waals surface area contributed by atoms with Crippen molar-refractivity contribution in [1.29, 1.82) is 0 Å². The van der Waals surface area contributed by atoms with Gasteiger partial charge in [-0.1, -0.05) is 17.7 Å². The predicted molar refractivity (Wildman–Crippen MR) is 48.5 cm³/mol. The minimum Gasteiger partial charge on any atom is -0.321 e. The fourth-order valence-corrected chi connectivity index (χ4v) is 1.16. The molecule has 0 bridgehead atoms. The average Bonchev–Trinajstić information content (AvgIpc) is 2.14. The lowest BCUT2D eigenvalue weighted by Gasteiger charge is -2.10. The van der Waals surface area contributed by atoms with Crippen molar-refractivity contribution in [2.24, 2.45) is 5.73 Å². The van der Waals surface area contributed by atoms with E-state index in [0.717, 1.165) is 6.08 Å². The second kappa shape index (κ2) is 4.02. The van der Waals surface area contributed by atoms with E-state index in [-0.39, 0.29) is 0 Å². The largest absolute Gasteiger partial charge is 0.321 e. The quantitative estimate of drug-likeness (QED) is 0.464. The first-order valence-corrected chi connectivity index (χ1v) is 4.07. The Labute approximate surface area is 84.0 Å². The summed E-state index contributed by atoms with van der Waals surface area (Å²) in [5, 5.41) is -0.765. The van der Waals surface area contributed by atoms with Gasteiger partial charge in [-0.2, -0.15) is 0 Å². The van der Waals surface area contributed by atoms with Gasteiger partial charge in [-0.25, -0.2) is 13.2 Å². The summed E-state index contributed by atoms with van der Waals surface area (Å²) in [4.78, 5) is 0. The van der Waals surface area contributed by atoms with Crippen LogP contribution in [0.3, 0.4) is 0 Å². The molecule has 0 amide bonds. The van der Waals surface area contributed by atoms with Crippen LogP contribution in [-0.2, 0) is 0 Å². The van der Waals surface area contributed by atoms with Gasteiger partial charge >= 0.3 is 0 Å². The Morgan fingerprint density at radius 1 is 1.36 bits per heavy atom. The molecular formula is C9H7ClF3N. The van der Waals surface area contributed by atoms with E-state index in [1.54, 1.807) is 0 Å². The molecule has 5 heteroatoms. The van der Waals surface area contributed by atoms with Crippen LogP contribution in [0.25, 0.3) is 0 Å². The first-order chi connectivity index (χ1) is 6.49. The standard InChI is InChI=1S/C9H7ClF3N/c1-2-6(14)7-4(11)3-5(12)8(10)9(7)13/h2-3,6H,1,14H2/t6-/m0/s1. The molecule has 0 aliphatic heterocycles. The Kier molecular flexibility index (Phi) is 3.18. The Morgan fingerprint density at radius 2 is 1.93 bits per heavy atom. The van der Waals surface area contributed by atoms with Crippen LogP contribution in [0.1, 0.15) is 11.6 Å². The Hall–Kier alpha value is -1.00. The fraction of sp³-hybridized carbons (Fsp3) is 0.111. The molecule has 2 N–H and O–H groups in total. The highest BCUT2D eigenvalue weighted by atomic mass is 35.5. The molecule has 0 aliphatic rings. The molecule has 1 rings (SSSR count). The Bertz CT molecular complexity index is 379. The lowest BCUT2D eigenvalue weighted by Crippen LogP contribution is -2.12. The monoisotopic (exact) mass is 221 g/mol. The van der Waals surface area contributed by atoms with Gasteiger partial charge in [0.25, 0.3) is 0 Å². The molecule has 0 aromatic heterocycles. The van der Waals surface area contributed by atoms with Crippen molar-refractivity contribution in [2.75, 3.05) is 0 Å². The van der Waals surface area contributed by atoms with Gasteiger partial charge in [0.2, 0.25) is 0 Å². The van der Waals surface area contributed by atoms with Crippen LogP contribution in [0.15, 0.2) is 18.7 Å². The van der Waals surface area contributed by atoms with Crippen molar-refractivity contribution in [1.82, 2.24) is 0 Å². The van der Waals surface area contributed by atoms with E-state index in [0.29, 0.717) is 6.07 Å². The van der Waals surface area contributed by atoms with Gasteiger partial charge in [-0.3, -0.25) is 0 Å². The summed E-state index contributed by atoms with van der Waals surface area (Å²) >= 11 is 5.25. The lowest BCUT2D eigenvalue weighted by molar-refractivity contribution is 0.517. The average molecular weight is 222 g/mol. The number of hydrogen-bond donors (Lipinski definition) is 1. The van der Waals surface area contributed by atoms with E-state index in [4.69, 9.17) is 17.3 Å². The molecule has 1 aromatic carbocycles. The summed E-state index contributed by atoms with van der Waals surface area (Å²) < 4.78 is 39.0. The smallest absolute Gasteiger partial charge is 0.152 e. The van der Waals surface area contributed by atoms with Crippen LogP contribution >= 0.6 is 11.6 Å². The molecule has 0 unspecified atom stereocenters. The number of nitrogens with two attached hydrogens (primary N) is 1. The van der Waals surface area contributed by atoms with Crippen molar-refractivity contribution >= 4 is 11.6 Å². The van der Waals surface area contributed by atoms with E-state index in [1.165, 1.54) is 0 Å². The van der Waals surface area contributed by atoms with Crippen LogP contribution < -0.4 is 5.73 Å². The first-order valence-electron chi connectivity index (χ1n) is 3.70. The Balaban J connectivity index is 3.43. The van der Waals surface area contributed by atoms with Crippen molar-refractivity contribution < 1.29 is 13.2 Å². The maximum Gasteiger partial charge on any atom is 0.152 e. The van der Waals surface area contributed by atoms with Crippen LogP contribution in [0.4, 0.5) is 13.2 Å². The summed E-state index contributed by atoms with van der Waals surface area (Å²) in [7, 11) is 0. The normalized spacial score (nSPS) is 12.6. The van der Waals surface area contributed by atoms with Crippen LogP contribution in [0, 0.1) is 17.5 Å². The SMILES string of the molecule is C=C[C@H](N)c1c(F)cc(F)c(Cl)c1F. The summed E-state index contributed by atoms with van der Waals surface area (Å²) in [6.45, 7) is 3.28. The molecule has 0 spiro atoms. The minimum atomic E-state index is -1.18. The molecule has 1 atom stereocenters. The van der Waals surface area contributed by atoms with E-state index < -0.39 is 34.1 Å². The summed E-state index contributed by atoms with van der Waals surface area (Å²) in [5.41, 5.74) is 4.86. The summed E-state index contributed by atoms with van der Waals surface area (Å²) in [5.74, 6) is -3.41. The molecule has 0 radical (unpaired) electrons. The van der Waals surface area contributed by atoms with Crippen molar-refractivity contribution in [2.45, 2.75) is 6.04 Å². The second-order valence-electron chi connectivity index (χ2n) is 2.64. The van der Waals surface area contributed by atoms with Crippen LogP contribution in [-0.4, -0.2) is 0 Å². The zero-order chi connectivity index (χ0) is 10.9. The molecule has 1 aromatic rings. The van der Waals surface area contributed by atoms with Crippen LogP contribution in [0.2, 0.25) is 5.02 Å². The molecule has 76 valence electrons. The third kappa shape index (κ3) is 1.76. The topological polar surface area (TPSA) is 26.0 Å². The van der Waals surface area contributed by atoms with Crippen molar-refractivity contribution in [3.05, 3.63) is 46.8 Å². The highest BCUT2D eigenvalue weighted by molar-refractivity contribution is 6.31. The van der Waals surface area contributed by atoms with Gasteiger partial charge in [0, 0.05) is 11.6 Å². The molecule has 0 saturated carbocycles. The summed E-state index contributed by atoms with van der Waals surface area (Å²) in [6.07, 6.45) is 1.13. The van der Waals surface area contributed by atoms with E-state index in [2.05, 4.69) is 6.58 Å². The van der Waals surface area contributed by atoms with Gasteiger partial charge in [0.1, 0.15) is 16.7 Å². The van der Waals surface area contributed by atoms with Gasteiger partial charge in [0.05, 0.1) is 6.04 Å². The molecule has 0 saturated heterocycles. The van der Waals surface area contributed by atoms with Gasteiger partial charge < -0.3 is 5.73 Å². The van der Waals surface area contributed by atoms with Crippen molar-refractivity contribution in [3.8, 4) is 0 Å². The van der Waals surface area contributed by atoms with Gasteiger partial charge in [-0.15, -0.1) is 6.58 Å². The highest BCUT2D eigenvalue weighted by Gasteiger charge is 2.20. The molecule has 0 aliphatic carbocycles. The molecule has 0 fully saturated rings. The minimum absolute atomic E-state index is 0.480. The van der Waals surface area contributed by atoms with E-state index in [1.807, 2.05) is 0 Å². The third-order valence-corrected chi connectivity index (χ3v) is 2.08. The zero-order valence-electron chi connectivity index (χ0n) is 7.03. The second-order valence-corrected chi connectivity index (χ2v) is 3.02. The maximum absolute atomic E-state index is 13.2. The third-order valence-electron chi connectivity index (χ3n) is 1.74. The number of benzene rings is 1. The van der Waals surface area contributed by atoms with Gasteiger partial charge in [0.15, 0.2) is 5.82 Å². The van der Waals surface area contributed by atoms with Crippen molar-refractivity contribution in [3.63, 3.8) is 0 Å². The predicted octanol–water partition coefficient (Wildman–Crippen LogP) is 2.94. The maximum atomic E-state index is 13.2. The lowest BCUT2D eigenvalue weighted by atomic mass is 10.1. The number of halogens is 4. The highest BCUT2D eigenvalue weighted by Crippen LogP contribution is 2.28. The fourth-order valence-electron chi connectivity index (χ4n) is 1.00. The number of hydrogen-bond acceptors (Lipinski definition) is 1. The molecule has 14 heavy (non-hydrogen) atoms. The molecule has 0 heterocycles. The number of rotatable bonds is 2. The van der Waals surface area contributed by atoms with Gasteiger partial charge in [-0.05, 0) is 0 Å². The van der Waals surface area contributed by atoms with E-state index in [9.17, 15) is 13.2 Å². The zero-order valence-corrected chi connectivity index (χ0v) is 7.78. The molecular weight excluding hydrogens is 215 g/mol. The summed E-state index contributed by atoms with van der Waals surface area (Å²) in [6, 6.07) is -0.558. The molecule has 1 nitrogen and oxygen atoms in total. The first kappa shape index (κ1) is 11.1. The van der Waals surface area contributed by atoms with E-state index >= 15 is 0 Å². The van der Waals surface area contributed by atoms with Crippen LogP contribution in [0.5, 0.6) is 0 Å².